The van der Waals surface area contributed by atoms with Crippen molar-refractivity contribution in [2.45, 2.75) is 59.0 Å². The monoisotopic (exact) mass is 531 g/mol. The number of carbonyl (C=O) groups is 2. The average molecular weight is 532 g/mol. The lowest BCUT2D eigenvalue weighted by molar-refractivity contribution is 0.0959. The lowest BCUT2D eigenvalue weighted by atomic mass is 9.91. The first-order valence-corrected chi connectivity index (χ1v) is 13.0. The summed E-state index contributed by atoms with van der Waals surface area (Å²) in [5, 5.41) is 21.0. The maximum atomic E-state index is 13.2. The van der Waals surface area contributed by atoms with Crippen LogP contribution in [0.3, 0.4) is 0 Å². The topological polar surface area (TPSA) is 129 Å². The van der Waals surface area contributed by atoms with Gasteiger partial charge in [0.25, 0.3) is 0 Å². The molecule has 9 nitrogen and oxygen atoms in total. The molecule has 3 aromatic rings. The molecule has 39 heavy (non-hydrogen) atoms. The van der Waals surface area contributed by atoms with E-state index in [0.29, 0.717) is 23.3 Å². The molecule has 1 atom stereocenters. The first-order chi connectivity index (χ1) is 18.4. The van der Waals surface area contributed by atoms with Crippen molar-refractivity contribution in [3.63, 3.8) is 0 Å². The van der Waals surface area contributed by atoms with E-state index in [4.69, 9.17) is 14.9 Å². The number of aromatic nitrogens is 2. The zero-order valence-corrected chi connectivity index (χ0v) is 23.4. The van der Waals surface area contributed by atoms with Crippen molar-refractivity contribution in [1.29, 1.82) is 5.26 Å². The summed E-state index contributed by atoms with van der Waals surface area (Å²) in [7, 11) is 1.99. The van der Waals surface area contributed by atoms with Crippen LogP contribution in [0.2, 0.25) is 0 Å². The maximum absolute atomic E-state index is 13.2. The van der Waals surface area contributed by atoms with E-state index < -0.39 is 6.03 Å². The van der Waals surface area contributed by atoms with Crippen LogP contribution >= 0.6 is 0 Å². The van der Waals surface area contributed by atoms with Gasteiger partial charge in [-0.2, -0.15) is 5.26 Å². The number of hydrogen-bond donors (Lipinski definition) is 3. The van der Waals surface area contributed by atoms with Crippen molar-refractivity contribution in [3.05, 3.63) is 71.2 Å². The largest absolute Gasteiger partial charge is 0.490 e. The normalized spacial score (nSPS) is 12.1. The van der Waals surface area contributed by atoms with Crippen LogP contribution in [-0.4, -0.2) is 39.2 Å². The third-order valence-corrected chi connectivity index (χ3v) is 6.23. The number of rotatable bonds is 10. The van der Waals surface area contributed by atoms with E-state index in [1.165, 1.54) is 0 Å². The van der Waals surface area contributed by atoms with Gasteiger partial charge in [0.05, 0.1) is 17.4 Å². The molecule has 3 N–H and O–H groups in total. The first kappa shape index (κ1) is 29.4. The van der Waals surface area contributed by atoms with Gasteiger partial charge in [-0.1, -0.05) is 45.0 Å². The van der Waals surface area contributed by atoms with E-state index >= 15 is 0 Å². The zero-order chi connectivity index (χ0) is 28.7. The number of carbonyl (C=O) groups excluding carboxylic acids is 2. The lowest BCUT2D eigenvalue weighted by Crippen LogP contribution is -2.37. The number of aryl methyl sites for hydroxylation is 1. The lowest BCUT2D eigenvalue weighted by Gasteiger charge is -2.18. The van der Waals surface area contributed by atoms with Crippen LogP contribution in [0.1, 0.15) is 68.3 Å². The van der Waals surface area contributed by atoms with E-state index in [1.54, 1.807) is 23.7 Å². The first-order valence-electron chi connectivity index (χ1n) is 13.0. The summed E-state index contributed by atoms with van der Waals surface area (Å²) < 4.78 is 7.70. The summed E-state index contributed by atoms with van der Waals surface area (Å²) in [6, 6.07) is 14.2. The molecule has 1 aromatic heterocycles. The van der Waals surface area contributed by atoms with Crippen molar-refractivity contribution < 1.29 is 19.5 Å². The van der Waals surface area contributed by atoms with Crippen molar-refractivity contribution in [2.24, 2.45) is 13.0 Å². The Morgan fingerprint density at radius 3 is 2.41 bits per heavy atom. The number of imidazole rings is 1. The molecule has 3 rings (SSSR count). The molecule has 2 aromatic carbocycles. The number of Topliss-reactive ketones (excluding diaryl/α,β-unsaturated/α-hetero) is 1. The molecule has 0 bridgehead atoms. The van der Waals surface area contributed by atoms with Gasteiger partial charge < -0.3 is 14.6 Å². The number of benzene rings is 2. The molecule has 0 aliphatic heterocycles. The Bertz CT molecular complexity index is 1350. The summed E-state index contributed by atoms with van der Waals surface area (Å²) in [5.74, 6) is 1.03. The standard InChI is InChI=1S/C30H37N5O4/c1-19(2)39-27-12-11-23(15-24(27)16-31)26(36)14-21(17-32-29(37)34-38)13-20-7-9-22(10-8-20)25-18-35(6)28(33-25)30(3,4)5/h7-12,15,18-19,21,38H,13-14,17H2,1-6H3,(H2,32,34,37)/t21-/m1/s1. The van der Waals surface area contributed by atoms with Gasteiger partial charge in [0.1, 0.15) is 17.6 Å². The summed E-state index contributed by atoms with van der Waals surface area (Å²) in [6.07, 6.45) is 2.57. The maximum Gasteiger partial charge on any atom is 0.338 e. The van der Waals surface area contributed by atoms with E-state index in [-0.39, 0.29) is 36.2 Å². The number of nitrogens with one attached hydrogen (secondary N) is 2. The molecule has 1 heterocycles. The number of amides is 2. The van der Waals surface area contributed by atoms with Gasteiger partial charge in [-0.05, 0) is 49.9 Å². The Labute approximate surface area is 229 Å². The Balaban J connectivity index is 1.77. The van der Waals surface area contributed by atoms with Crippen molar-refractivity contribution in [1.82, 2.24) is 20.3 Å². The number of hydrogen-bond acceptors (Lipinski definition) is 6. The molecule has 0 unspecified atom stereocenters. The summed E-state index contributed by atoms with van der Waals surface area (Å²) >= 11 is 0. The Morgan fingerprint density at radius 1 is 1.15 bits per heavy atom. The van der Waals surface area contributed by atoms with E-state index in [9.17, 15) is 14.9 Å². The zero-order valence-electron chi connectivity index (χ0n) is 23.4. The summed E-state index contributed by atoms with van der Waals surface area (Å²) in [5.41, 5.74) is 5.05. The SMILES string of the molecule is CC(C)Oc1ccc(C(=O)C[C@H](CNC(=O)NO)Cc2ccc(-c3cn(C)c(C(C)(C)C)n3)cc2)cc1C#N. The highest BCUT2D eigenvalue weighted by Gasteiger charge is 2.21. The number of urea groups is 1. The molecule has 0 saturated heterocycles. The highest BCUT2D eigenvalue weighted by Crippen LogP contribution is 2.27. The number of nitrogens with zero attached hydrogens (tertiary/aromatic N) is 3. The predicted octanol–water partition coefficient (Wildman–Crippen LogP) is 5.16. The van der Waals surface area contributed by atoms with Crippen molar-refractivity contribution in [3.8, 4) is 23.1 Å². The van der Waals surface area contributed by atoms with Gasteiger partial charge in [0, 0.05) is 42.8 Å². The van der Waals surface area contributed by atoms with Gasteiger partial charge in [0.15, 0.2) is 5.78 Å². The molecule has 0 aliphatic carbocycles. The van der Waals surface area contributed by atoms with Crippen LogP contribution in [0.25, 0.3) is 11.3 Å². The van der Waals surface area contributed by atoms with Crippen molar-refractivity contribution >= 4 is 11.8 Å². The second-order valence-electron chi connectivity index (χ2n) is 11.0. The van der Waals surface area contributed by atoms with Crippen molar-refractivity contribution in [2.75, 3.05) is 6.54 Å². The van der Waals surface area contributed by atoms with Crippen LogP contribution in [-0.2, 0) is 18.9 Å². The van der Waals surface area contributed by atoms with Gasteiger partial charge in [-0.25, -0.2) is 15.3 Å². The minimum absolute atomic E-state index is 0.0731. The number of ether oxygens (including phenoxy) is 1. The van der Waals surface area contributed by atoms with Crippen LogP contribution in [0.15, 0.2) is 48.7 Å². The molecule has 0 fully saturated rings. The minimum atomic E-state index is -0.741. The predicted molar refractivity (Wildman–Crippen MR) is 149 cm³/mol. The molecule has 206 valence electrons. The fourth-order valence-corrected chi connectivity index (χ4v) is 4.47. The van der Waals surface area contributed by atoms with Gasteiger partial charge in [-0.15, -0.1) is 0 Å². The molecule has 0 radical (unpaired) electrons. The van der Waals surface area contributed by atoms with E-state index in [0.717, 1.165) is 22.6 Å². The number of nitriles is 1. The van der Waals surface area contributed by atoms with Crippen LogP contribution in [0, 0.1) is 17.2 Å². The number of ketones is 1. The van der Waals surface area contributed by atoms with Gasteiger partial charge >= 0.3 is 6.03 Å². The quantitative estimate of drug-likeness (QED) is 0.188. The van der Waals surface area contributed by atoms with E-state index in [1.807, 2.05) is 55.9 Å². The molecular weight excluding hydrogens is 494 g/mol. The Hall–Kier alpha value is -4.16. The van der Waals surface area contributed by atoms with Crippen LogP contribution in [0.4, 0.5) is 4.79 Å². The second-order valence-corrected chi connectivity index (χ2v) is 11.0. The number of hydroxylamine groups is 1. The third-order valence-electron chi connectivity index (χ3n) is 6.23. The molecule has 9 heteroatoms. The van der Waals surface area contributed by atoms with Crippen LogP contribution in [0.5, 0.6) is 5.75 Å². The minimum Gasteiger partial charge on any atom is -0.490 e. The van der Waals surface area contributed by atoms with Gasteiger partial charge in [-0.3, -0.25) is 10.0 Å². The van der Waals surface area contributed by atoms with E-state index in [2.05, 4.69) is 32.2 Å². The van der Waals surface area contributed by atoms with Gasteiger partial charge in [0.2, 0.25) is 0 Å². The molecule has 2 amide bonds. The molecule has 0 spiro atoms. The summed E-state index contributed by atoms with van der Waals surface area (Å²) in [4.78, 5) is 29.6. The third kappa shape index (κ3) is 7.91. The Kier molecular flexibility index (Phi) is 9.49. The highest BCUT2D eigenvalue weighted by atomic mass is 16.5. The molecular formula is C30H37N5O4. The average Bonchev–Trinajstić information content (AvgIpc) is 3.29. The second kappa shape index (κ2) is 12.6. The smallest absolute Gasteiger partial charge is 0.338 e. The molecule has 0 saturated carbocycles. The molecule has 0 aliphatic rings. The fourth-order valence-electron chi connectivity index (χ4n) is 4.47. The highest BCUT2D eigenvalue weighted by molar-refractivity contribution is 5.96. The van der Waals surface area contributed by atoms with Crippen LogP contribution < -0.4 is 15.5 Å². The summed E-state index contributed by atoms with van der Waals surface area (Å²) in [6.45, 7) is 10.3. The Morgan fingerprint density at radius 2 is 1.85 bits per heavy atom. The fraction of sp³-hybridized carbons (Fsp3) is 0.400.